The van der Waals surface area contributed by atoms with E-state index in [0.29, 0.717) is 0 Å². The summed E-state index contributed by atoms with van der Waals surface area (Å²) in [6.07, 6.45) is 0.817. The van der Waals surface area contributed by atoms with Gasteiger partial charge in [0.05, 0.1) is 18.1 Å². The van der Waals surface area contributed by atoms with Crippen LogP contribution >= 0.6 is 0 Å². The Bertz CT molecular complexity index is 659. The van der Waals surface area contributed by atoms with E-state index in [-0.39, 0.29) is 0 Å². The summed E-state index contributed by atoms with van der Waals surface area (Å²) in [6, 6.07) is 16.2. The van der Waals surface area contributed by atoms with Gasteiger partial charge in [0.15, 0.2) is 0 Å². The van der Waals surface area contributed by atoms with E-state index in [9.17, 15) is 0 Å². The molecule has 0 saturated carbocycles. The van der Waals surface area contributed by atoms with Gasteiger partial charge in [0, 0.05) is 12.5 Å². The van der Waals surface area contributed by atoms with Crippen LogP contribution in [0.15, 0.2) is 48.5 Å². The number of methoxy groups -OCH3 is 1. The third-order valence-corrected chi connectivity index (χ3v) is 2.95. The molecule has 1 heterocycles. The highest BCUT2D eigenvalue weighted by atomic mass is 16.5. The summed E-state index contributed by atoms with van der Waals surface area (Å²) in [5.74, 6) is 1.82. The Balaban J connectivity index is 1.94. The maximum Gasteiger partial charge on any atom is 0.121 e. The van der Waals surface area contributed by atoms with Crippen molar-refractivity contribution in [2.24, 2.45) is 0 Å². The van der Waals surface area contributed by atoms with Crippen molar-refractivity contribution in [1.29, 1.82) is 0 Å². The first-order valence-electron chi connectivity index (χ1n) is 5.92. The van der Waals surface area contributed by atoms with Crippen molar-refractivity contribution in [3.05, 3.63) is 59.9 Å². The number of H-pyrrole nitrogens is 1. The molecular formula is C15H14N2O. The normalized spacial score (nSPS) is 10.7. The molecule has 0 fully saturated rings. The molecular weight excluding hydrogens is 224 g/mol. The van der Waals surface area contributed by atoms with Crippen molar-refractivity contribution in [1.82, 2.24) is 9.97 Å². The average molecular weight is 238 g/mol. The second-order valence-electron chi connectivity index (χ2n) is 4.23. The molecule has 0 unspecified atom stereocenters. The Labute approximate surface area is 105 Å². The van der Waals surface area contributed by atoms with Crippen LogP contribution in [-0.4, -0.2) is 17.1 Å². The maximum absolute atomic E-state index is 5.20. The van der Waals surface area contributed by atoms with Gasteiger partial charge in [-0.05, 0) is 17.7 Å². The summed E-state index contributed by atoms with van der Waals surface area (Å²) < 4.78 is 5.20. The molecule has 90 valence electrons. The topological polar surface area (TPSA) is 37.9 Å². The number of benzene rings is 2. The summed E-state index contributed by atoms with van der Waals surface area (Å²) in [5, 5.41) is 0. The van der Waals surface area contributed by atoms with Crippen LogP contribution < -0.4 is 4.74 Å². The zero-order valence-corrected chi connectivity index (χ0v) is 10.2. The molecule has 0 aliphatic carbocycles. The molecule has 0 atom stereocenters. The van der Waals surface area contributed by atoms with Crippen LogP contribution in [0.3, 0.4) is 0 Å². The first kappa shape index (κ1) is 10.8. The Kier molecular flexibility index (Phi) is 2.73. The molecule has 3 rings (SSSR count). The number of nitrogens with one attached hydrogen (secondary N) is 1. The largest absolute Gasteiger partial charge is 0.497 e. The Morgan fingerprint density at radius 3 is 2.72 bits per heavy atom. The highest BCUT2D eigenvalue weighted by Gasteiger charge is 2.04. The van der Waals surface area contributed by atoms with Crippen molar-refractivity contribution in [2.75, 3.05) is 7.11 Å². The van der Waals surface area contributed by atoms with Gasteiger partial charge >= 0.3 is 0 Å². The molecule has 3 heteroatoms. The second-order valence-corrected chi connectivity index (χ2v) is 4.23. The fourth-order valence-electron chi connectivity index (χ4n) is 2.04. The molecule has 0 aliphatic rings. The SMILES string of the molecule is COc1ccc2nc(Cc3ccccc3)[nH]c2c1. The molecule has 0 spiro atoms. The van der Waals surface area contributed by atoms with E-state index >= 15 is 0 Å². The van der Waals surface area contributed by atoms with Gasteiger partial charge in [-0.3, -0.25) is 0 Å². The van der Waals surface area contributed by atoms with Crippen LogP contribution in [0.4, 0.5) is 0 Å². The van der Waals surface area contributed by atoms with Crippen molar-refractivity contribution in [3.8, 4) is 5.75 Å². The standard InChI is InChI=1S/C15H14N2O/c1-18-12-7-8-13-14(10-12)17-15(16-13)9-11-5-3-2-4-6-11/h2-8,10H,9H2,1H3,(H,16,17). The summed E-state index contributed by atoms with van der Waals surface area (Å²) in [7, 11) is 1.67. The molecule has 3 nitrogen and oxygen atoms in total. The van der Waals surface area contributed by atoms with E-state index in [1.54, 1.807) is 7.11 Å². The third-order valence-electron chi connectivity index (χ3n) is 2.95. The van der Waals surface area contributed by atoms with E-state index in [1.807, 2.05) is 36.4 Å². The minimum Gasteiger partial charge on any atom is -0.497 e. The highest BCUT2D eigenvalue weighted by Crippen LogP contribution is 2.19. The lowest BCUT2D eigenvalue weighted by molar-refractivity contribution is 0.415. The van der Waals surface area contributed by atoms with Crippen LogP contribution in [0.2, 0.25) is 0 Å². The lowest BCUT2D eigenvalue weighted by Gasteiger charge is -1.97. The number of fused-ring (bicyclic) bond motifs is 1. The number of aromatic nitrogens is 2. The minimum atomic E-state index is 0.817. The van der Waals surface area contributed by atoms with Gasteiger partial charge in [-0.25, -0.2) is 4.98 Å². The van der Waals surface area contributed by atoms with E-state index in [4.69, 9.17) is 4.74 Å². The molecule has 1 N–H and O–H groups in total. The first-order chi connectivity index (χ1) is 8.85. The van der Waals surface area contributed by atoms with Crippen molar-refractivity contribution in [2.45, 2.75) is 6.42 Å². The quantitative estimate of drug-likeness (QED) is 0.761. The van der Waals surface area contributed by atoms with Gasteiger partial charge in [-0.2, -0.15) is 0 Å². The van der Waals surface area contributed by atoms with E-state index in [2.05, 4.69) is 22.1 Å². The first-order valence-corrected chi connectivity index (χ1v) is 5.92. The van der Waals surface area contributed by atoms with Gasteiger partial charge in [0.25, 0.3) is 0 Å². The molecule has 0 saturated heterocycles. The molecule has 0 radical (unpaired) electrons. The number of hydrogen-bond donors (Lipinski definition) is 1. The minimum absolute atomic E-state index is 0.817. The van der Waals surface area contributed by atoms with Gasteiger partial charge in [0.1, 0.15) is 11.6 Å². The maximum atomic E-state index is 5.20. The predicted octanol–water partition coefficient (Wildman–Crippen LogP) is 3.16. The van der Waals surface area contributed by atoms with E-state index in [0.717, 1.165) is 29.0 Å². The molecule has 0 aliphatic heterocycles. The molecule has 0 bridgehead atoms. The van der Waals surface area contributed by atoms with Crippen molar-refractivity contribution in [3.63, 3.8) is 0 Å². The van der Waals surface area contributed by atoms with Gasteiger partial charge in [0.2, 0.25) is 0 Å². The average Bonchev–Trinajstić information content (AvgIpc) is 2.80. The predicted molar refractivity (Wildman–Crippen MR) is 71.9 cm³/mol. The van der Waals surface area contributed by atoms with Crippen LogP contribution in [0.1, 0.15) is 11.4 Å². The third kappa shape index (κ3) is 2.07. The Hall–Kier alpha value is -2.29. The van der Waals surface area contributed by atoms with E-state index < -0.39 is 0 Å². The summed E-state index contributed by atoms with van der Waals surface area (Å²) in [4.78, 5) is 7.90. The van der Waals surface area contributed by atoms with E-state index in [1.165, 1.54) is 5.56 Å². The number of aromatic amines is 1. The number of hydrogen-bond acceptors (Lipinski definition) is 2. The summed E-state index contributed by atoms with van der Waals surface area (Å²) in [6.45, 7) is 0. The summed E-state index contributed by atoms with van der Waals surface area (Å²) >= 11 is 0. The smallest absolute Gasteiger partial charge is 0.121 e. The molecule has 18 heavy (non-hydrogen) atoms. The van der Waals surface area contributed by atoms with Crippen LogP contribution in [0.25, 0.3) is 11.0 Å². The number of nitrogens with zero attached hydrogens (tertiary/aromatic N) is 1. The highest BCUT2D eigenvalue weighted by molar-refractivity contribution is 5.76. The van der Waals surface area contributed by atoms with Crippen LogP contribution in [-0.2, 0) is 6.42 Å². The number of imidazole rings is 1. The zero-order chi connectivity index (χ0) is 12.4. The fourth-order valence-corrected chi connectivity index (χ4v) is 2.04. The second kappa shape index (κ2) is 4.53. The Morgan fingerprint density at radius 1 is 1.11 bits per heavy atom. The lowest BCUT2D eigenvalue weighted by Crippen LogP contribution is -1.89. The zero-order valence-electron chi connectivity index (χ0n) is 10.2. The van der Waals surface area contributed by atoms with Crippen molar-refractivity contribution >= 4 is 11.0 Å². The van der Waals surface area contributed by atoms with Gasteiger partial charge in [-0.1, -0.05) is 30.3 Å². The number of ether oxygens (including phenoxy) is 1. The van der Waals surface area contributed by atoms with Gasteiger partial charge in [-0.15, -0.1) is 0 Å². The fraction of sp³-hybridized carbons (Fsp3) is 0.133. The molecule has 3 aromatic rings. The van der Waals surface area contributed by atoms with Crippen LogP contribution in [0, 0.1) is 0 Å². The van der Waals surface area contributed by atoms with Crippen LogP contribution in [0.5, 0.6) is 5.75 Å². The van der Waals surface area contributed by atoms with Crippen molar-refractivity contribution < 1.29 is 4.74 Å². The molecule has 2 aromatic carbocycles. The van der Waals surface area contributed by atoms with Gasteiger partial charge < -0.3 is 9.72 Å². The monoisotopic (exact) mass is 238 g/mol. The Morgan fingerprint density at radius 2 is 1.94 bits per heavy atom. The summed E-state index contributed by atoms with van der Waals surface area (Å²) in [5.41, 5.74) is 3.24. The molecule has 1 aromatic heterocycles. The molecule has 0 amide bonds. The lowest BCUT2D eigenvalue weighted by atomic mass is 10.1. The number of rotatable bonds is 3.